The van der Waals surface area contributed by atoms with Gasteiger partial charge in [-0.05, 0) is 38.8 Å². The molecule has 2 unspecified atom stereocenters. The van der Waals surface area contributed by atoms with E-state index >= 15 is 0 Å². The maximum Gasteiger partial charge on any atom is 0.0802 e. The molecule has 0 aliphatic heterocycles. The van der Waals surface area contributed by atoms with Crippen molar-refractivity contribution in [3.8, 4) is 0 Å². The minimum Gasteiger partial charge on any atom is -0.388 e. The van der Waals surface area contributed by atoms with Gasteiger partial charge in [-0.15, -0.1) is 0 Å². The zero-order chi connectivity index (χ0) is 14.4. The normalized spacial score (nSPS) is 14.7. The zero-order valence-corrected chi connectivity index (χ0v) is 13.1. The monoisotopic (exact) mass is 263 g/mol. The molecule has 1 aromatic rings. The van der Waals surface area contributed by atoms with Gasteiger partial charge in [0.1, 0.15) is 0 Å². The maximum absolute atomic E-state index is 10.3. The molecule has 108 valence electrons. The van der Waals surface area contributed by atoms with Crippen molar-refractivity contribution < 1.29 is 5.11 Å². The molecule has 0 radical (unpaired) electrons. The number of hydrogen-bond donors (Lipinski definition) is 1. The summed E-state index contributed by atoms with van der Waals surface area (Å²) in [5.74, 6) is 0.725. The average Bonchev–Trinajstić information content (AvgIpc) is 2.34. The number of benzene rings is 1. The van der Waals surface area contributed by atoms with E-state index < -0.39 is 0 Å². The molecule has 0 saturated heterocycles. The highest BCUT2D eigenvalue weighted by molar-refractivity contribution is 5.29. The number of aliphatic hydroxyl groups is 1. The summed E-state index contributed by atoms with van der Waals surface area (Å²) in [7, 11) is 2.14. The second kappa shape index (κ2) is 7.66. The van der Waals surface area contributed by atoms with Crippen LogP contribution < -0.4 is 0 Å². The lowest BCUT2D eigenvalue weighted by molar-refractivity contribution is 0.145. The van der Waals surface area contributed by atoms with Crippen LogP contribution >= 0.6 is 0 Å². The summed E-state index contributed by atoms with van der Waals surface area (Å²) in [5, 5.41) is 10.3. The molecule has 0 amide bonds. The van der Waals surface area contributed by atoms with Gasteiger partial charge in [0.2, 0.25) is 0 Å². The van der Waals surface area contributed by atoms with E-state index in [9.17, 15) is 5.11 Å². The van der Waals surface area contributed by atoms with E-state index in [1.54, 1.807) is 0 Å². The SMILES string of the molecule is CCC(C)CN(C)CCC(O)c1cc(C)cc(C)c1. The molecule has 0 aromatic heterocycles. The number of aryl methyl sites for hydroxylation is 2. The Balaban J connectivity index is 2.48. The topological polar surface area (TPSA) is 23.5 Å². The third-order valence-corrected chi connectivity index (χ3v) is 3.73. The van der Waals surface area contributed by atoms with Crippen LogP contribution in [0.3, 0.4) is 0 Å². The lowest BCUT2D eigenvalue weighted by atomic mass is 10.0. The highest BCUT2D eigenvalue weighted by Gasteiger charge is 2.11. The standard InChI is InChI=1S/C17H29NO/c1-6-13(2)12-18(5)8-7-17(19)16-10-14(3)9-15(4)11-16/h9-11,13,17,19H,6-8,12H2,1-5H3. The third-order valence-electron chi connectivity index (χ3n) is 3.73. The van der Waals surface area contributed by atoms with Crippen molar-refractivity contribution in [2.24, 2.45) is 5.92 Å². The van der Waals surface area contributed by atoms with Gasteiger partial charge in [-0.3, -0.25) is 0 Å². The molecule has 1 N–H and O–H groups in total. The van der Waals surface area contributed by atoms with E-state index in [4.69, 9.17) is 0 Å². The number of hydrogen-bond acceptors (Lipinski definition) is 2. The van der Waals surface area contributed by atoms with Crippen LogP contribution in [-0.2, 0) is 0 Å². The van der Waals surface area contributed by atoms with Crippen molar-refractivity contribution in [3.63, 3.8) is 0 Å². The summed E-state index contributed by atoms with van der Waals surface area (Å²) in [6.45, 7) is 10.7. The van der Waals surface area contributed by atoms with E-state index in [2.05, 4.69) is 57.8 Å². The van der Waals surface area contributed by atoms with Crippen LogP contribution in [0.25, 0.3) is 0 Å². The summed E-state index contributed by atoms with van der Waals surface area (Å²) >= 11 is 0. The van der Waals surface area contributed by atoms with E-state index in [-0.39, 0.29) is 6.10 Å². The lowest BCUT2D eigenvalue weighted by Crippen LogP contribution is -2.26. The molecular formula is C17H29NO. The van der Waals surface area contributed by atoms with Gasteiger partial charge in [0.05, 0.1) is 6.10 Å². The molecule has 2 nitrogen and oxygen atoms in total. The second-order valence-corrected chi connectivity index (χ2v) is 6.00. The van der Waals surface area contributed by atoms with Gasteiger partial charge in [-0.2, -0.15) is 0 Å². The summed E-state index contributed by atoms with van der Waals surface area (Å²) in [5.41, 5.74) is 3.50. The Kier molecular flexibility index (Phi) is 6.53. The van der Waals surface area contributed by atoms with Crippen LogP contribution in [0.4, 0.5) is 0 Å². The van der Waals surface area contributed by atoms with Crippen molar-refractivity contribution in [3.05, 3.63) is 34.9 Å². The van der Waals surface area contributed by atoms with Crippen LogP contribution in [0.1, 0.15) is 49.5 Å². The number of aliphatic hydroxyl groups excluding tert-OH is 1. The molecule has 0 fully saturated rings. The van der Waals surface area contributed by atoms with Gasteiger partial charge in [0.25, 0.3) is 0 Å². The fourth-order valence-electron chi connectivity index (χ4n) is 2.46. The van der Waals surface area contributed by atoms with E-state index in [1.165, 1.54) is 17.5 Å². The quantitative estimate of drug-likeness (QED) is 0.810. The largest absolute Gasteiger partial charge is 0.388 e. The van der Waals surface area contributed by atoms with E-state index in [0.717, 1.165) is 31.0 Å². The minimum absolute atomic E-state index is 0.349. The molecule has 0 aliphatic rings. The second-order valence-electron chi connectivity index (χ2n) is 6.00. The van der Waals surface area contributed by atoms with Crippen molar-refractivity contribution >= 4 is 0 Å². The minimum atomic E-state index is -0.349. The molecule has 0 aliphatic carbocycles. The number of rotatable bonds is 7. The van der Waals surface area contributed by atoms with Crippen molar-refractivity contribution in [2.45, 2.75) is 46.6 Å². The highest BCUT2D eigenvalue weighted by Crippen LogP contribution is 2.20. The van der Waals surface area contributed by atoms with Crippen LogP contribution in [0.15, 0.2) is 18.2 Å². The molecule has 0 heterocycles. The zero-order valence-electron chi connectivity index (χ0n) is 13.1. The smallest absolute Gasteiger partial charge is 0.0802 e. The summed E-state index contributed by atoms with van der Waals surface area (Å²) in [4.78, 5) is 2.32. The summed E-state index contributed by atoms with van der Waals surface area (Å²) in [6, 6.07) is 6.32. The Morgan fingerprint density at radius 2 is 1.74 bits per heavy atom. The van der Waals surface area contributed by atoms with Gasteiger partial charge in [-0.1, -0.05) is 49.6 Å². The Morgan fingerprint density at radius 3 is 2.26 bits per heavy atom. The van der Waals surface area contributed by atoms with Gasteiger partial charge in [0.15, 0.2) is 0 Å². The average molecular weight is 263 g/mol. The maximum atomic E-state index is 10.3. The Hall–Kier alpha value is -0.860. The third kappa shape index (κ3) is 5.75. The molecule has 1 rings (SSSR count). The van der Waals surface area contributed by atoms with E-state index in [0.29, 0.717) is 0 Å². The molecule has 0 spiro atoms. The van der Waals surface area contributed by atoms with Crippen molar-refractivity contribution in [1.29, 1.82) is 0 Å². The molecule has 1 aromatic carbocycles. The predicted octanol–water partition coefficient (Wildman–Crippen LogP) is 3.70. The number of nitrogens with zero attached hydrogens (tertiary/aromatic N) is 1. The first-order valence-electron chi connectivity index (χ1n) is 7.37. The lowest BCUT2D eigenvalue weighted by Gasteiger charge is -2.22. The molecule has 0 saturated carbocycles. The van der Waals surface area contributed by atoms with Gasteiger partial charge >= 0.3 is 0 Å². The first-order valence-corrected chi connectivity index (χ1v) is 7.37. The first kappa shape index (κ1) is 16.2. The molecule has 2 heteroatoms. The van der Waals surface area contributed by atoms with Gasteiger partial charge < -0.3 is 10.0 Å². The Morgan fingerprint density at radius 1 is 1.16 bits per heavy atom. The van der Waals surface area contributed by atoms with Crippen molar-refractivity contribution in [2.75, 3.05) is 20.1 Å². The fraction of sp³-hybridized carbons (Fsp3) is 0.647. The molecule has 2 atom stereocenters. The highest BCUT2D eigenvalue weighted by atomic mass is 16.3. The summed E-state index contributed by atoms with van der Waals surface area (Å²) < 4.78 is 0. The van der Waals surface area contributed by atoms with Gasteiger partial charge in [-0.25, -0.2) is 0 Å². The van der Waals surface area contributed by atoms with Crippen LogP contribution in [0, 0.1) is 19.8 Å². The van der Waals surface area contributed by atoms with Crippen LogP contribution in [0.5, 0.6) is 0 Å². The van der Waals surface area contributed by atoms with Crippen molar-refractivity contribution in [1.82, 2.24) is 4.90 Å². The fourth-order valence-corrected chi connectivity index (χ4v) is 2.46. The Bertz CT molecular complexity index is 369. The predicted molar refractivity (Wildman–Crippen MR) is 82.4 cm³/mol. The molecule has 19 heavy (non-hydrogen) atoms. The molecule has 0 bridgehead atoms. The van der Waals surface area contributed by atoms with Crippen LogP contribution in [-0.4, -0.2) is 30.1 Å². The Labute approximate surface area is 118 Å². The van der Waals surface area contributed by atoms with Crippen LogP contribution in [0.2, 0.25) is 0 Å². The molecular weight excluding hydrogens is 234 g/mol. The first-order chi connectivity index (χ1) is 8.92. The summed E-state index contributed by atoms with van der Waals surface area (Å²) in [6.07, 6.45) is 1.66. The van der Waals surface area contributed by atoms with E-state index in [1.807, 2.05) is 0 Å². The van der Waals surface area contributed by atoms with Gasteiger partial charge in [0, 0.05) is 13.1 Å².